The monoisotopic (exact) mass is 251 g/mol. The molecule has 5 nitrogen and oxygen atoms in total. The van der Waals surface area contributed by atoms with Crippen molar-refractivity contribution in [2.24, 2.45) is 5.73 Å². The highest BCUT2D eigenvalue weighted by molar-refractivity contribution is 5.48. The van der Waals surface area contributed by atoms with E-state index in [0.29, 0.717) is 6.54 Å². The van der Waals surface area contributed by atoms with Crippen LogP contribution in [-0.2, 0) is 0 Å². The van der Waals surface area contributed by atoms with Crippen molar-refractivity contribution in [2.45, 2.75) is 39.2 Å². The summed E-state index contributed by atoms with van der Waals surface area (Å²) in [6, 6.07) is 1.98. The predicted octanol–water partition coefficient (Wildman–Crippen LogP) is 1.86. The van der Waals surface area contributed by atoms with Gasteiger partial charge in [-0.3, -0.25) is 0 Å². The van der Waals surface area contributed by atoms with E-state index in [1.54, 1.807) is 6.33 Å². The fourth-order valence-corrected chi connectivity index (χ4v) is 1.84. The minimum atomic E-state index is -0.0519. The summed E-state index contributed by atoms with van der Waals surface area (Å²) >= 11 is 0. The molecule has 0 spiro atoms. The van der Waals surface area contributed by atoms with Crippen LogP contribution in [0.25, 0.3) is 0 Å². The van der Waals surface area contributed by atoms with Crippen LogP contribution >= 0.6 is 0 Å². The summed E-state index contributed by atoms with van der Waals surface area (Å²) in [5.41, 5.74) is 5.55. The van der Waals surface area contributed by atoms with Crippen molar-refractivity contribution in [3.8, 4) is 0 Å². The van der Waals surface area contributed by atoms with Crippen molar-refractivity contribution in [1.29, 1.82) is 0 Å². The Morgan fingerprint density at radius 2 is 2.11 bits per heavy atom. The summed E-state index contributed by atoms with van der Waals surface area (Å²) in [5, 5.41) is 3.40. The Balaban J connectivity index is 2.76. The molecule has 0 aromatic carbocycles. The van der Waals surface area contributed by atoms with E-state index in [-0.39, 0.29) is 5.54 Å². The number of anilines is 2. The lowest BCUT2D eigenvalue weighted by Gasteiger charge is -2.27. The maximum Gasteiger partial charge on any atom is 0.133 e. The van der Waals surface area contributed by atoms with Crippen LogP contribution in [0.4, 0.5) is 11.6 Å². The molecule has 0 bridgehead atoms. The summed E-state index contributed by atoms with van der Waals surface area (Å²) in [4.78, 5) is 10.7. The molecule has 0 aliphatic carbocycles. The topological polar surface area (TPSA) is 67.1 Å². The molecule has 0 aliphatic heterocycles. The molecule has 0 aliphatic rings. The third-order valence-electron chi connectivity index (χ3n) is 2.84. The largest absolute Gasteiger partial charge is 0.365 e. The summed E-state index contributed by atoms with van der Waals surface area (Å²) in [5.74, 6) is 1.79. The molecule has 0 radical (unpaired) electrons. The highest BCUT2D eigenvalue weighted by Crippen LogP contribution is 2.18. The Labute approximate surface area is 110 Å². The summed E-state index contributed by atoms with van der Waals surface area (Å²) in [7, 11) is 2.04. The van der Waals surface area contributed by atoms with Crippen LogP contribution < -0.4 is 16.0 Å². The normalized spacial score (nSPS) is 11.4. The lowest BCUT2D eigenvalue weighted by atomic mass is 10.0. The van der Waals surface area contributed by atoms with Crippen LogP contribution in [0.5, 0.6) is 0 Å². The molecule has 102 valence electrons. The van der Waals surface area contributed by atoms with Gasteiger partial charge in [-0.15, -0.1) is 0 Å². The number of aromatic nitrogens is 2. The van der Waals surface area contributed by atoms with Gasteiger partial charge in [0.1, 0.15) is 18.0 Å². The van der Waals surface area contributed by atoms with Crippen LogP contribution in [-0.4, -0.2) is 35.6 Å². The molecular formula is C13H25N5. The molecule has 0 unspecified atom stereocenters. The van der Waals surface area contributed by atoms with E-state index in [0.717, 1.165) is 31.0 Å². The van der Waals surface area contributed by atoms with Crippen molar-refractivity contribution in [3.05, 3.63) is 12.4 Å². The van der Waals surface area contributed by atoms with Crippen LogP contribution in [0, 0.1) is 0 Å². The van der Waals surface area contributed by atoms with Crippen molar-refractivity contribution in [3.63, 3.8) is 0 Å². The molecule has 18 heavy (non-hydrogen) atoms. The standard InChI is InChI=1S/C13H25N5/c1-5-8-18(4)12-9-11(15-10-16-12)17-13(2,3)6-7-14/h9-10H,5-8,14H2,1-4H3,(H,15,16,17). The number of hydrogen-bond acceptors (Lipinski definition) is 5. The average Bonchev–Trinajstić information content (AvgIpc) is 2.28. The van der Waals surface area contributed by atoms with Gasteiger partial charge in [0.15, 0.2) is 0 Å². The predicted molar refractivity (Wildman–Crippen MR) is 77.0 cm³/mol. The fourth-order valence-electron chi connectivity index (χ4n) is 1.84. The second-order valence-electron chi connectivity index (χ2n) is 5.23. The van der Waals surface area contributed by atoms with Gasteiger partial charge in [-0.2, -0.15) is 0 Å². The van der Waals surface area contributed by atoms with Crippen LogP contribution in [0.3, 0.4) is 0 Å². The molecule has 1 aromatic heterocycles. The summed E-state index contributed by atoms with van der Waals surface area (Å²) < 4.78 is 0. The van der Waals surface area contributed by atoms with E-state index in [9.17, 15) is 0 Å². The highest BCUT2D eigenvalue weighted by Gasteiger charge is 2.17. The number of rotatable bonds is 7. The minimum absolute atomic E-state index is 0.0519. The second-order valence-corrected chi connectivity index (χ2v) is 5.23. The molecule has 0 atom stereocenters. The van der Waals surface area contributed by atoms with Gasteiger partial charge < -0.3 is 16.0 Å². The van der Waals surface area contributed by atoms with Crippen molar-refractivity contribution >= 4 is 11.6 Å². The minimum Gasteiger partial charge on any atom is -0.365 e. The van der Waals surface area contributed by atoms with Crippen LogP contribution in [0.2, 0.25) is 0 Å². The first-order chi connectivity index (χ1) is 8.48. The molecule has 5 heteroatoms. The lowest BCUT2D eigenvalue weighted by Crippen LogP contribution is -2.34. The van der Waals surface area contributed by atoms with Crippen molar-refractivity contribution in [2.75, 3.05) is 30.4 Å². The maximum absolute atomic E-state index is 5.60. The molecule has 1 rings (SSSR count). The molecule has 0 fully saturated rings. The van der Waals surface area contributed by atoms with Gasteiger partial charge in [-0.25, -0.2) is 9.97 Å². The Kier molecular flexibility index (Phi) is 5.34. The second kappa shape index (κ2) is 6.54. The Hall–Kier alpha value is -1.36. The lowest BCUT2D eigenvalue weighted by molar-refractivity contribution is 0.524. The first-order valence-electron chi connectivity index (χ1n) is 6.50. The third-order valence-corrected chi connectivity index (χ3v) is 2.84. The zero-order valence-corrected chi connectivity index (χ0v) is 11.9. The highest BCUT2D eigenvalue weighted by atomic mass is 15.2. The molecule has 0 saturated carbocycles. The molecule has 1 heterocycles. The molecule has 0 amide bonds. The average molecular weight is 251 g/mol. The van der Waals surface area contributed by atoms with Gasteiger partial charge in [-0.1, -0.05) is 6.92 Å². The van der Waals surface area contributed by atoms with Gasteiger partial charge in [0.05, 0.1) is 0 Å². The third kappa shape index (κ3) is 4.49. The van der Waals surface area contributed by atoms with Gasteiger partial charge in [0, 0.05) is 25.2 Å². The van der Waals surface area contributed by atoms with E-state index in [1.807, 2.05) is 13.1 Å². The van der Waals surface area contributed by atoms with Gasteiger partial charge in [0.25, 0.3) is 0 Å². The SMILES string of the molecule is CCCN(C)c1cc(NC(C)(C)CCN)ncn1. The number of hydrogen-bond donors (Lipinski definition) is 2. The summed E-state index contributed by atoms with van der Waals surface area (Å²) in [6.45, 7) is 8.05. The van der Waals surface area contributed by atoms with E-state index in [4.69, 9.17) is 5.73 Å². The fraction of sp³-hybridized carbons (Fsp3) is 0.692. The zero-order valence-electron chi connectivity index (χ0n) is 11.9. The smallest absolute Gasteiger partial charge is 0.133 e. The van der Waals surface area contributed by atoms with E-state index in [2.05, 4.69) is 41.0 Å². The molecular weight excluding hydrogens is 226 g/mol. The van der Waals surface area contributed by atoms with E-state index < -0.39 is 0 Å². The van der Waals surface area contributed by atoms with Gasteiger partial charge >= 0.3 is 0 Å². The Morgan fingerprint density at radius 1 is 1.39 bits per heavy atom. The van der Waals surface area contributed by atoms with Gasteiger partial charge in [0.2, 0.25) is 0 Å². The van der Waals surface area contributed by atoms with E-state index in [1.165, 1.54) is 0 Å². The molecule has 1 aromatic rings. The Morgan fingerprint density at radius 3 is 2.72 bits per heavy atom. The molecule has 0 saturated heterocycles. The van der Waals surface area contributed by atoms with Gasteiger partial charge in [-0.05, 0) is 33.2 Å². The number of nitrogens with one attached hydrogen (secondary N) is 1. The van der Waals surface area contributed by atoms with Crippen LogP contribution in [0.15, 0.2) is 12.4 Å². The zero-order chi connectivity index (χ0) is 13.6. The first kappa shape index (κ1) is 14.7. The maximum atomic E-state index is 5.60. The Bertz CT molecular complexity index is 364. The number of nitrogens with two attached hydrogens (primary N) is 1. The quantitative estimate of drug-likeness (QED) is 0.774. The van der Waals surface area contributed by atoms with Crippen molar-refractivity contribution < 1.29 is 0 Å². The van der Waals surface area contributed by atoms with E-state index >= 15 is 0 Å². The number of nitrogens with zero attached hydrogens (tertiary/aromatic N) is 3. The molecule has 3 N–H and O–H groups in total. The van der Waals surface area contributed by atoms with Crippen molar-refractivity contribution in [1.82, 2.24) is 9.97 Å². The first-order valence-corrected chi connectivity index (χ1v) is 6.50. The summed E-state index contributed by atoms with van der Waals surface area (Å²) in [6.07, 6.45) is 3.60. The van der Waals surface area contributed by atoms with Crippen LogP contribution in [0.1, 0.15) is 33.6 Å².